The van der Waals surface area contributed by atoms with Crippen LogP contribution in [0.15, 0.2) is 33.4 Å². The fourth-order valence-corrected chi connectivity index (χ4v) is 2.75. The highest BCUT2D eigenvalue weighted by Crippen LogP contribution is 2.24. The van der Waals surface area contributed by atoms with Crippen molar-refractivity contribution >= 4 is 5.91 Å². The summed E-state index contributed by atoms with van der Waals surface area (Å²) in [5, 5.41) is 3.89. The van der Waals surface area contributed by atoms with Crippen molar-refractivity contribution in [3.63, 3.8) is 0 Å². The maximum Gasteiger partial charge on any atom is 0.276 e. The highest BCUT2D eigenvalue weighted by Gasteiger charge is 2.28. The van der Waals surface area contributed by atoms with Gasteiger partial charge in [0.25, 0.3) is 5.91 Å². The Hall–Kier alpha value is -2.04. The van der Waals surface area contributed by atoms with E-state index in [1.807, 2.05) is 4.90 Å². The third kappa shape index (κ3) is 2.35. The number of aromatic nitrogens is 1. The number of furan rings is 1. The normalized spacial score (nSPS) is 19.2. The molecule has 1 fully saturated rings. The predicted molar refractivity (Wildman–Crippen MR) is 73.2 cm³/mol. The van der Waals surface area contributed by atoms with Gasteiger partial charge in [-0.25, -0.2) is 0 Å². The zero-order valence-electron chi connectivity index (χ0n) is 11.5. The van der Waals surface area contributed by atoms with Gasteiger partial charge in [-0.3, -0.25) is 4.79 Å². The van der Waals surface area contributed by atoms with E-state index in [2.05, 4.69) is 12.1 Å². The van der Waals surface area contributed by atoms with Gasteiger partial charge in [0.15, 0.2) is 11.5 Å². The number of likely N-dealkylation sites (tertiary alicyclic amines) is 1. The van der Waals surface area contributed by atoms with E-state index < -0.39 is 0 Å². The molecule has 2 aromatic rings. The summed E-state index contributed by atoms with van der Waals surface area (Å²) < 4.78 is 10.4. The van der Waals surface area contributed by atoms with Crippen LogP contribution in [0.3, 0.4) is 0 Å². The van der Waals surface area contributed by atoms with E-state index >= 15 is 0 Å². The van der Waals surface area contributed by atoms with Crippen LogP contribution in [-0.4, -0.2) is 28.6 Å². The van der Waals surface area contributed by atoms with Crippen LogP contribution >= 0.6 is 0 Å². The van der Waals surface area contributed by atoms with Crippen molar-refractivity contribution < 1.29 is 13.7 Å². The molecule has 0 aromatic carbocycles. The third-order valence-corrected chi connectivity index (χ3v) is 3.85. The van der Waals surface area contributed by atoms with Gasteiger partial charge in [-0.05, 0) is 37.8 Å². The lowest BCUT2D eigenvalue weighted by molar-refractivity contribution is 0.0597. The van der Waals surface area contributed by atoms with Gasteiger partial charge in [0.1, 0.15) is 0 Å². The molecule has 0 bridgehead atoms. The van der Waals surface area contributed by atoms with Gasteiger partial charge in [0, 0.05) is 18.7 Å². The van der Waals surface area contributed by atoms with Crippen LogP contribution in [0.1, 0.15) is 43.1 Å². The van der Waals surface area contributed by atoms with E-state index in [1.54, 1.807) is 24.5 Å². The number of hydrogen-bond acceptors (Lipinski definition) is 4. The predicted octanol–water partition coefficient (Wildman–Crippen LogP) is 3.34. The van der Waals surface area contributed by atoms with Crippen molar-refractivity contribution in [3.8, 4) is 11.5 Å². The molecule has 5 heteroatoms. The topological polar surface area (TPSA) is 59.5 Å². The smallest absolute Gasteiger partial charge is 0.276 e. The van der Waals surface area contributed by atoms with E-state index in [0.717, 1.165) is 25.8 Å². The van der Waals surface area contributed by atoms with E-state index in [1.165, 1.54) is 6.42 Å². The zero-order valence-corrected chi connectivity index (χ0v) is 11.5. The third-order valence-electron chi connectivity index (χ3n) is 3.85. The summed E-state index contributed by atoms with van der Waals surface area (Å²) in [6.07, 6.45) is 5.88. The number of nitrogens with zero attached hydrogens (tertiary/aromatic N) is 2. The minimum absolute atomic E-state index is 0.0434. The fraction of sp³-hybridized carbons (Fsp3) is 0.467. The highest BCUT2D eigenvalue weighted by atomic mass is 16.5. The first-order valence-electron chi connectivity index (χ1n) is 7.11. The Balaban J connectivity index is 1.80. The molecular formula is C15H18N2O3. The van der Waals surface area contributed by atoms with Crippen molar-refractivity contribution in [2.45, 2.75) is 38.6 Å². The van der Waals surface area contributed by atoms with E-state index in [4.69, 9.17) is 8.94 Å². The minimum Gasteiger partial charge on any atom is -0.461 e. The van der Waals surface area contributed by atoms with E-state index in [-0.39, 0.29) is 5.91 Å². The zero-order chi connectivity index (χ0) is 13.9. The Morgan fingerprint density at radius 2 is 2.35 bits per heavy atom. The Labute approximate surface area is 117 Å². The molecule has 106 valence electrons. The molecule has 0 N–H and O–H groups in total. The Kier molecular flexibility index (Phi) is 3.58. The molecule has 1 aliphatic rings. The summed E-state index contributed by atoms with van der Waals surface area (Å²) in [4.78, 5) is 14.4. The second kappa shape index (κ2) is 5.53. The van der Waals surface area contributed by atoms with Crippen molar-refractivity contribution in [2.24, 2.45) is 0 Å². The summed E-state index contributed by atoms with van der Waals surface area (Å²) in [5.74, 6) is 1.03. The first kappa shape index (κ1) is 13.0. The summed E-state index contributed by atoms with van der Waals surface area (Å²) in [6, 6.07) is 5.53. The molecule has 0 radical (unpaired) electrons. The van der Waals surface area contributed by atoms with Gasteiger partial charge in [-0.15, -0.1) is 0 Å². The van der Waals surface area contributed by atoms with Crippen molar-refractivity contribution in [1.82, 2.24) is 10.1 Å². The molecule has 1 amide bonds. The molecule has 1 aliphatic heterocycles. The van der Waals surface area contributed by atoms with Crippen LogP contribution in [0.4, 0.5) is 0 Å². The minimum atomic E-state index is -0.0434. The molecule has 20 heavy (non-hydrogen) atoms. The van der Waals surface area contributed by atoms with Gasteiger partial charge < -0.3 is 13.8 Å². The summed E-state index contributed by atoms with van der Waals surface area (Å²) >= 11 is 0. The first-order valence-corrected chi connectivity index (χ1v) is 7.11. The largest absolute Gasteiger partial charge is 0.461 e. The van der Waals surface area contributed by atoms with Crippen LogP contribution < -0.4 is 0 Å². The molecule has 5 nitrogen and oxygen atoms in total. The maximum atomic E-state index is 12.5. The lowest BCUT2D eigenvalue weighted by Gasteiger charge is -2.34. The molecule has 0 aliphatic carbocycles. The Morgan fingerprint density at radius 3 is 3.10 bits per heavy atom. The van der Waals surface area contributed by atoms with E-state index in [9.17, 15) is 4.79 Å². The van der Waals surface area contributed by atoms with Crippen LogP contribution in [-0.2, 0) is 0 Å². The SMILES string of the molecule is CC[C@H]1CCCCN1C(=O)c1cc(-c2ccco2)on1. The van der Waals surface area contributed by atoms with Crippen LogP contribution in [0, 0.1) is 0 Å². The average molecular weight is 274 g/mol. The summed E-state index contributed by atoms with van der Waals surface area (Å²) in [6.45, 7) is 2.92. The maximum absolute atomic E-state index is 12.5. The number of hydrogen-bond donors (Lipinski definition) is 0. The van der Waals surface area contributed by atoms with Crippen molar-refractivity contribution in [2.75, 3.05) is 6.54 Å². The van der Waals surface area contributed by atoms with Gasteiger partial charge in [0.05, 0.1) is 6.26 Å². The van der Waals surface area contributed by atoms with Gasteiger partial charge in [-0.1, -0.05) is 12.1 Å². The average Bonchev–Trinajstić information content (AvgIpc) is 3.16. The lowest BCUT2D eigenvalue weighted by Crippen LogP contribution is -2.43. The Bertz CT molecular complexity index is 574. The van der Waals surface area contributed by atoms with E-state index in [0.29, 0.717) is 23.3 Å². The standard InChI is InChI=1S/C15H18N2O3/c1-2-11-6-3-4-8-17(11)15(18)12-10-14(20-16-12)13-7-5-9-19-13/h5,7,9-11H,2-4,6,8H2,1H3/t11-/m0/s1. The van der Waals surface area contributed by atoms with Gasteiger partial charge in [-0.2, -0.15) is 0 Å². The second-order valence-electron chi connectivity index (χ2n) is 5.11. The number of carbonyl (C=O) groups excluding carboxylic acids is 1. The fourth-order valence-electron chi connectivity index (χ4n) is 2.75. The van der Waals surface area contributed by atoms with Crippen LogP contribution in [0.5, 0.6) is 0 Å². The first-order chi connectivity index (χ1) is 9.79. The summed E-state index contributed by atoms with van der Waals surface area (Å²) in [5.41, 5.74) is 0.358. The lowest BCUT2D eigenvalue weighted by atomic mass is 9.99. The molecule has 1 saturated heterocycles. The monoisotopic (exact) mass is 274 g/mol. The molecule has 1 atom stereocenters. The second-order valence-corrected chi connectivity index (χ2v) is 5.11. The van der Waals surface area contributed by atoms with Gasteiger partial charge in [0.2, 0.25) is 5.76 Å². The molecule has 3 rings (SSSR count). The molecule has 0 saturated carbocycles. The number of amides is 1. The van der Waals surface area contributed by atoms with Crippen LogP contribution in [0.25, 0.3) is 11.5 Å². The number of rotatable bonds is 3. The van der Waals surface area contributed by atoms with Crippen molar-refractivity contribution in [3.05, 3.63) is 30.2 Å². The summed E-state index contributed by atoms with van der Waals surface area (Å²) in [7, 11) is 0. The van der Waals surface area contributed by atoms with Crippen LogP contribution in [0.2, 0.25) is 0 Å². The highest BCUT2D eigenvalue weighted by molar-refractivity contribution is 5.93. The molecular weight excluding hydrogens is 256 g/mol. The molecule has 0 spiro atoms. The Morgan fingerprint density at radius 1 is 1.45 bits per heavy atom. The quantitative estimate of drug-likeness (QED) is 0.861. The van der Waals surface area contributed by atoms with Crippen molar-refractivity contribution in [1.29, 1.82) is 0 Å². The molecule has 0 unspecified atom stereocenters. The van der Waals surface area contributed by atoms with Gasteiger partial charge >= 0.3 is 0 Å². The molecule has 3 heterocycles. The molecule has 2 aromatic heterocycles. The number of piperidine rings is 1. The number of carbonyl (C=O) groups is 1.